The molecule has 0 unspecified atom stereocenters. The van der Waals surface area contributed by atoms with Crippen molar-refractivity contribution in [3.8, 4) is 11.5 Å². The van der Waals surface area contributed by atoms with Gasteiger partial charge in [0.1, 0.15) is 11.5 Å². The molecule has 0 heterocycles. The van der Waals surface area contributed by atoms with Crippen LogP contribution in [-0.4, -0.2) is 25.0 Å². The van der Waals surface area contributed by atoms with E-state index < -0.39 is 11.8 Å². The zero-order valence-electron chi connectivity index (χ0n) is 14.6. The van der Waals surface area contributed by atoms with Gasteiger partial charge < -0.3 is 9.47 Å². The van der Waals surface area contributed by atoms with Gasteiger partial charge in [-0.25, -0.2) is 0 Å². The second-order valence-corrected chi connectivity index (χ2v) is 7.44. The lowest BCUT2D eigenvalue weighted by atomic mass is 10.1. The molecule has 0 fully saturated rings. The van der Waals surface area contributed by atoms with Crippen LogP contribution >= 0.6 is 31.9 Å². The first-order valence-corrected chi connectivity index (χ1v) is 9.87. The van der Waals surface area contributed by atoms with E-state index in [2.05, 4.69) is 42.7 Å². The van der Waals surface area contributed by atoms with Crippen molar-refractivity contribution in [2.45, 2.75) is 0 Å². The number of carbonyl (C=O) groups excluding carboxylic acids is 2. The Morgan fingerprint density at radius 2 is 1.50 bits per heavy atom. The number of para-hydroxylation sites is 1. The van der Waals surface area contributed by atoms with Crippen molar-refractivity contribution >= 4 is 54.4 Å². The van der Waals surface area contributed by atoms with Crippen molar-refractivity contribution in [3.63, 3.8) is 0 Å². The number of benzene rings is 3. The van der Waals surface area contributed by atoms with Gasteiger partial charge in [0.2, 0.25) is 0 Å². The number of rotatable bonds is 6. The van der Waals surface area contributed by atoms with E-state index in [1.54, 1.807) is 30.3 Å². The zero-order chi connectivity index (χ0) is 19.9. The summed E-state index contributed by atoms with van der Waals surface area (Å²) in [6.07, 6.45) is 0. The molecule has 0 saturated carbocycles. The smallest absolute Gasteiger partial charge is 0.276 e. The van der Waals surface area contributed by atoms with Crippen molar-refractivity contribution in [2.24, 2.45) is 0 Å². The Morgan fingerprint density at radius 3 is 2.21 bits per heavy atom. The molecule has 3 aromatic rings. The van der Waals surface area contributed by atoms with Gasteiger partial charge in [-0.3, -0.25) is 20.4 Å². The molecule has 0 radical (unpaired) electrons. The van der Waals surface area contributed by atoms with E-state index in [1.807, 2.05) is 30.3 Å². The number of amides is 2. The molecule has 0 bridgehead atoms. The topological polar surface area (TPSA) is 76.7 Å². The minimum absolute atomic E-state index is 0.211. The number of nitrogens with one attached hydrogen (secondary N) is 2. The second kappa shape index (κ2) is 9.57. The maximum atomic E-state index is 11.9. The van der Waals surface area contributed by atoms with E-state index in [4.69, 9.17) is 9.47 Å². The minimum atomic E-state index is -0.490. The van der Waals surface area contributed by atoms with Gasteiger partial charge in [0, 0.05) is 4.47 Å². The normalized spacial score (nSPS) is 10.4. The third-order valence-electron chi connectivity index (χ3n) is 3.69. The molecule has 0 saturated heterocycles. The van der Waals surface area contributed by atoms with Crippen LogP contribution in [0.4, 0.5) is 0 Å². The molecule has 0 aliphatic rings. The summed E-state index contributed by atoms with van der Waals surface area (Å²) in [5.41, 5.74) is 4.57. The van der Waals surface area contributed by atoms with Crippen LogP contribution in [0, 0.1) is 0 Å². The average molecular weight is 508 g/mol. The van der Waals surface area contributed by atoms with Crippen molar-refractivity contribution in [1.29, 1.82) is 0 Å². The van der Waals surface area contributed by atoms with Crippen molar-refractivity contribution in [2.75, 3.05) is 13.2 Å². The Labute approximate surface area is 178 Å². The Kier molecular flexibility index (Phi) is 6.89. The second-order valence-electron chi connectivity index (χ2n) is 5.73. The first-order chi connectivity index (χ1) is 13.5. The third-order valence-corrected chi connectivity index (χ3v) is 5.01. The van der Waals surface area contributed by atoms with Crippen LogP contribution in [0.2, 0.25) is 0 Å². The fourth-order valence-corrected chi connectivity index (χ4v) is 3.36. The molecule has 2 amide bonds. The van der Waals surface area contributed by atoms with Gasteiger partial charge in [-0.15, -0.1) is 0 Å². The molecular weight excluding hydrogens is 492 g/mol. The number of ether oxygens (including phenoxy) is 2. The fraction of sp³-hybridized carbons (Fsp3) is 0.100. The zero-order valence-corrected chi connectivity index (χ0v) is 17.7. The maximum Gasteiger partial charge on any atom is 0.276 e. The highest BCUT2D eigenvalue weighted by atomic mass is 79.9. The molecule has 0 aliphatic carbocycles. The number of fused-ring (bicyclic) bond motifs is 1. The Morgan fingerprint density at radius 1 is 0.821 bits per heavy atom. The molecule has 8 heteroatoms. The highest BCUT2D eigenvalue weighted by Gasteiger charge is 2.10. The molecule has 0 atom stereocenters. The number of hydrogen-bond acceptors (Lipinski definition) is 4. The Hall–Kier alpha value is -2.58. The van der Waals surface area contributed by atoms with E-state index in [9.17, 15) is 9.59 Å². The van der Waals surface area contributed by atoms with Crippen molar-refractivity contribution < 1.29 is 19.1 Å². The first kappa shape index (κ1) is 20.2. The Bertz CT molecular complexity index is 996. The standard InChI is InChI=1S/C20H16Br2N2O4/c21-14-7-8-16-13(10-14)6-9-17(20(16)22)28-12-19(26)24-23-18(25)11-27-15-4-2-1-3-5-15/h1-10H,11-12H2,(H,23,25)(H,24,26). The predicted octanol–water partition coefficient (Wildman–Crippen LogP) is 3.97. The van der Waals surface area contributed by atoms with Crippen LogP contribution < -0.4 is 20.3 Å². The third kappa shape index (κ3) is 5.46. The monoisotopic (exact) mass is 506 g/mol. The van der Waals surface area contributed by atoms with Crippen LogP contribution in [0.1, 0.15) is 0 Å². The summed E-state index contributed by atoms with van der Waals surface area (Å²) in [6.45, 7) is -0.461. The summed E-state index contributed by atoms with van der Waals surface area (Å²) in [7, 11) is 0. The van der Waals surface area contributed by atoms with Crippen LogP contribution in [0.5, 0.6) is 11.5 Å². The summed E-state index contributed by atoms with van der Waals surface area (Å²) in [4.78, 5) is 23.6. The molecule has 0 aromatic heterocycles. The summed E-state index contributed by atoms with van der Waals surface area (Å²) in [6, 6.07) is 18.5. The summed E-state index contributed by atoms with van der Waals surface area (Å²) in [5.74, 6) is 0.134. The van der Waals surface area contributed by atoms with Crippen LogP contribution in [0.3, 0.4) is 0 Å². The van der Waals surface area contributed by atoms with Crippen LogP contribution in [-0.2, 0) is 9.59 Å². The fourth-order valence-electron chi connectivity index (χ4n) is 2.37. The van der Waals surface area contributed by atoms with E-state index >= 15 is 0 Å². The first-order valence-electron chi connectivity index (χ1n) is 8.29. The minimum Gasteiger partial charge on any atom is -0.484 e. The largest absolute Gasteiger partial charge is 0.484 e. The summed E-state index contributed by atoms with van der Waals surface area (Å²) >= 11 is 6.94. The van der Waals surface area contributed by atoms with Gasteiger partial charge in [-0.1, -0.05) is 46.3 Å². The summed E-state index contributed by atoms with van der Waals surface area (Å²) < 4.78 is 12.6. The van der Waals surface area contributed by atoms with Crippen molar-refractivity contribution in [3.05, 3.63) is 69.6 Å². The van der Waals surface area contributed by atoms with Crippen LogP contribution in [0.15, 0.2) is 69.6 Å². The molecule has 0 spiro atoms. The van der Waals surface area contributed by atoms with E-state index in [1.165, 1.54) is 0 Å². The van der Waals surface area contributed by atoms with Gasteiger partial charge in [0.05, 0.1) is 4.47 Å². The molecular formula is C20H16Br2N2O4. The van der Waals surface area contributed by atoms with Gasteiger partial charge in [-0.05, 0) is 57.0 Å². The maximum absolute atomic E-state index is 11.9. The molecule has 6 nitrogen and oxygen atoms in total. The molecule has 144 valence electrons. The number of carbonyl (C=O) groups is 2. The van der Waals surface area contributed by atoms with Gasteiger partial charge in [0.15, 0.2) is 13.2 Å². The Balaban J connectivity index is 1.46. The molecule has 0 aliphatic heterocycles. The molecule has 28 heavy (non-hydrogen) atoms. The van der Waals surface area contributed by atoms with Gasteiger partial charge in [-0.2, -0.15) is 0 Å². The van der Waals surface area contributed by atoms with Crippen LogP contribution in [0.25, 0.3) is 10.8 Å². The van der Waals surface area contributed by atoms with E-state index in [0.29, 0.717) is 11.5 Å². The van der Waals surface area contributed by atoms with Gasteiger partial charge in [0.25, 0.3) is 11.8 Å². The SMILES string of the molecule is O=C(COc1ccccc1)NNC(=O)COc1ccc2cc(Br)ccc2c1Br. The molecule has 3 rings (SSSR count). The number of hydrazine groups is 1. The van der Waals surface area contributed by atoms with Gasteiger partial charge >= 0.3 is 0 Å². The summed E-state index contributed by atoms with van der Waals surface area (Å²) in [5, 5.41) is 2.00. The average Bonchev–Trinajstić information content (AvgIpc) is 2.71. The number of halogens is 2. The predicted molar refractivity (Wildman–Crippen MR) is 113 cm³/mol. The highest BCUT2D eigenvalue weighted by Crippen LogP contribution is 2.34. The lowest BCUT2D eigenvalue weighted by molar-refractivity contribution is -0.131. The quantitative estimate of drug-likeness (QED) is 0.495. The highest BCUT2D eigenvalue weighted by molar-refractivity contribution is 9.11. The molecule has 2 N–H and O–H groups in total. The van der Waals surface area contributed by atoms with E-state index in [0.717, 1.165) is 19.7 Å². The van der Waals surface area contributed by atoms with E-state index in [-0.39, 0.29) is 13.2 Å². The van der Waals surface area contributed by atoms with Crippen molar-refractivity contribution in [1.82, 2.24) is 10.9 Å². The molecule has 3 aromatic carbocycles. The lowest BCUT2D eigenvalue weighted by Crippen LogP contribution is -2.45. The lowest BCUT2D eigenvalue weighted by Gasteiger charge is -2.12. The number of hydrogen-bond donors (Lipinski definition) is 2.